The van der Waals surface area contributed by atoms with E-state index >= 15 is 0 Å². The lowest BCUT2D eigenvalue weighted by atomic mass is 9.85. The van der Waals surface area contributed by atoms with Crippen LogP contribution in [-0.4, -0.2) is 14.5 Å². The molecule has 21 heavy (non-hydrogen) atoms. The van der Waals surface area contributed by atoms with Crippen LogP contribution in [0, 0.1) is 11.7 Å². The molecule has 0 aromatic heterocycles. The summed E-state index contributed by atoms with van der Waals surface area (Å²) in [6.45, 7) is 2.15. The summed E-state index contributed by atoms with van der Waals surface area (Å²) in [6.07, 6.45) is 4.78. The van der Waals surface area contributed by atoms with Gasteiger partial charge in [0.1, 0.15) is 10.7 Å². The molecule has 0 amide bonds. The van der Waals surface area contributed by atoms with Crippen LogP contribution < -0.4 is 10.5 Å². The van der Waals surface area contributed by atoms with Gasteiger partial charge in [-0.15, -0.1) is 0 Å². The molecule has 118 valence electrons. The first kappa shape index (κ1) is 16.5. The number of rotatable bonds is 4. The molecule has 7 heteroatoms. The van der Waals surface area contributed by atoms with Gasteiger partial charge in [-0.05, 0) is 43.7 Å². The number of benzene rings is 1. The normalized spacial score (nSPS) is 23.2. The fraction of sp³-hybridized carbons (Fsp3) is 0.571. The van der Waals surface area contributed by atoms with E-state index in [4.69, 9.17) is 17.3 Å². The van der Waals surface area contributed by atoms with E-state index in [1.807, 2.05) is 0 Å². The van der Waals surface area contributed by atoms with E-state index in [9.17, 15) is 12.8 Å². The van der Waals surface area contributed by atoms with Crippen molar-refractivity contribution in [3.05, 3.63) is 23.0 Å². The van der Waals surface area contributed by atoms with Crippen molar-refractivity contribution in [2.24, 2.45) is 5.92 Å². The lowest BCUT2D eigenvalue weighted by Crippen LogP contribution is -2.37. The monoisotopic (exact) mass is 334 g/mol. The summed E-state index contributed by atoms with van der Waals surface area (Å²) in [7, 11) is -3.78. The molecular weight excluding hydrogens is 315 g/mol. The minimum Gasteiger partial charge on any atom is -0.396 e. The molecule has 0 saturated heterocycles. The lowest BCUT2D eigenvalue weighted by Gasteiger charge is -2.28. The predicted octanol–water partition coefficient (Wildman–Crippen LogP) is 3.31. The molecule has 4 nitrogen and oxygen atoms in total. The molecule has 1 aromatic carbocycles. The molecule has 0 atom stereocenters. The van der Waals surface area contributed by atoms with Gasteiger partial charge in [0.2, 0.25) is 10.0 Å². The van der Waals surface area contributed by atoms with Crippen molar-refractivity contribution in [2.45, 2.75) is 50.0 Å². The van der Waals surface area contributed by atoms with Crippen molar-refractivity contribution >= 4 is 27.3 Å². The molecule has 0 unspecified atom stereocenters. The molecule has 0 spiro atoms. The van der Waals surface area contributed by atoms with Crippen LogP contribution >= 0.6 is 11.6 Å². The number of nitrogens with one attached hydrogen (secondary N) is 1. The summed E-state index contributed by atoms with van der Waals surface area (Å²) in [5.74, 6) is -0.0433. The maximum absolute atomic E-state index is 13.3. The summed E-state index contributed by atoms with van der Waals surface area (Å²) in [4.78, 5) is -0.166. The number of sulfonamides is 1. The van der Waals surface area contributed by atoms with Gasteiger partial charge in [0.25, 0.3) is 0 Å². The quantitative estimate of drug-likeness (QED) is 0.830. The Hall–Kier alpha value is -0.850. The van der Waals surface area contributed by atoms with Crippen molar-refractivity contribution in [1.82, 2.24) is 4.72 Å². The average Bonchev–Trinajstić information content (AvgIpc) is 2.43. The van der Waals surface area contributed by atoms with Crippen LogP contribution in [0.2, 0.25) is 5.02 Å². The molecule has 3 N–H and O–H groups in total. The topological polar surface area (TPSA) is 72.2 Å². The Balaban J connectivity index is 2.14. The molecule has 0 heterocycles. The smallest absolute Gasteiger partial charge is 0.242 e. The average molecular weight is 335 g/mol. The van der Waals surface area contributed by atoms with Gasteiger partial charge >= 0.3 is 0 Å². The number of anilines is 1. The van der Waals surface area contributed by atoms with Crippen molar-refractivity contribution in [3.63, 3.8) is 0 Å². The Kier molecular flexibility index (Phi) is 5.11. The van der Waals surface area contributed by atoms with Crippen molar-refractivity contribution < 1.29 is 12.8 Å². The van der Waals surface area contributed by atoms with Gasteiger partial charge in [-0.3, -0.25) is 0 Å². The van der Waals surface area contributed by atoms with Gasteiger partial charge in [-0.25, -0.2) is 17.5 Å². The van der Waals surface area contributed by atoms with Crippen molar-refractivity contribution in [2.75, 3.05) is 5.73 Å². The van der Waals surface area contributed by atoms with E-state index in [1.165, 1.54) is 0 Å². The van der Waals surface area contributed by atoms with Crippen LogP contribution in [0.1, 0.15) is 39.0 Å². The van der Waals surface area contributed by atoms with Crippen LogP contribution in [0.25, 0.3) is 0 Å². The molecule has 1 fully saturated rings. The van der Waals surface area contributed by atoms with E-state index < -0.39 is 15.8 Å². The third-order valence-corrected chi connectivity index (χ3v) is 6.07. The Morgan fingerprint density at radius 1 is 1.33 bits per heavy atom. The molecule has 0 bridgehead atoms. The zero-order chi connectivity index (χ0) is 15.6. The Morgan fingerprint density at radius 2 is 1.95 bits per heavy atom. The number of hydrogen-bond acceptors (Lipinski definition) is 3. The Labute approximate surface area is 129 Å². The van der Waals surface area contributed by atoms with Gasteiger partial charge in [0.05, 0.1) is 10.7 Å². The van der Waals surface area contributed by atoms with E-state index in [0.29, 0.717) is 5.92 Å². The van der Waals surface area contributed by atoms with Crippen LogP contribution in [0.4, 0.5) is 10.1 Å². The second-order valence-electron chi connectivity index (χ2n) is 5.55. The van der Waals surface area contributed by atoms with Crippen molar-refractivity contribution in [3.8, 4) is 0 Å². The molecule has 0 radical (unpaired) electrons. The number of hydrogen-bond donors (Lipinski definition) is 2. The highest BCUT2D eigenvalue weighted by molar-refractivity contribution is 7.89. The molecule has 2 rings (SSSR count). The summed E-state index contributed by atoms with van der Waals surface area (Å²) in [6, 6.07) is 1.90. The first-order valence-electron chi connectivity index (χ1n) is 7.10. The Morgan fingerprint density at radius 3 is 2.52 bits per heavy atom. The van der Waals surface area contributed by atoms with E-state index in [2.05, 4.69) is 11.6 Å². The Bertz CT molecular complexity index is 614. The molecule has 0 aliphatic heterocycles. The maximum atomic E-state index is 13.3. The predicted molar refractivity (Wildman–Crippen MR) is 82.2 cm³/mol. The molecule has 1 aliphatic rings. The molecule has 1 aromatic rings. The van der Waals surface area contributed by atoms with Crippen LogP contribution in [0.5, 0.6) is 0 Å². The SMILES string of the molecule is CCC1CCC(NS(=O)(=O)c2cc(N)c(F)cc2Cl)CC1. The zero-order valence-corrected chi connectivity index (χ0v) is 13.5. The third-order valence-electron chi connectivity index (χ3n) is 4.09. The van der Waals surface area contributed by atoms with Gasteiger partial charge in [0, 0.05) is 6.04 Å². The summed E-state index contributed by atoms with van der Waals surface area (Å²) < 4.78 is 40.6. The third kappa shape index (κ3) is 3.87. The van der Waals surface area contributed by atoms with E-state index in [0.717, 1.165) is 44.2 Å². The number of nitrogen functional groups attached to an aromatic ring is 1. The van der Waals surface area contributed by atoms with Crippen LogP contribution in [-0.2, 0) is 10.0 Å². The minimum atomic E-state index is -3.78. The van der Waals surface area contributed by atoms with E-state index in [1.54, 1.807) is 0 Å². The fourth-order valence-electron chi connectivity index (χ4n) is 2.72. The van der Waals surface area contributed by atoms with Gasteiger partial charge < -0.3 is 5.73 Å². The molecular formula is C14H20ClFN2O2S. The minimum absolute atomic E-state index is 0.0971. The first-order valence-corrected chi connectivity index (χ1v) is 8.96. The second-order valence-corrected chi connectivity index (χ2v) is 7.64. The maximum Gasteiger partial charge on any atom is 0.242 e. The highest BCUT2D eigenvalue weighted by atomic mass is 35.5. The van der Waals surface area contributed by atoms with Crippen LogP contribution in [0.15, 0.2) is 17.0 Å². The van der Waals surface area contributed by atoms with Crippen molar-refractivity contribution in [1.29, 1.82) is 0 Å². The van der Waals surface area contributed by atoms with Gasteiger partial charge in [-0.2, -0.15) is 0 Å². The van der Waals surface area contributed by atoms with Gasteiger partial charge in [0.15, 0.2) is 0 Å². The summed E-state index contributed by atoms with van der Waals surface area (Å²) in [5.41, 5.74) is 5.20. The lowest BCUT2D eigenvalue weighted by molar-refractivity contribution is 0.306. The summed E-state index contributed by atoms with van der Waals surface area (Å²) in [5, 5.41) is -0.156. The zero-order valence-electron chi connectivity index (χ0n) is 11.9. The summed E-state index contributed by atoms with van der Waals surface area (Å²) >= 11 is 5.83. The standard InChI is InChI=1S/C14H20ClFN2O2S/c1-2-9-3-5-10(6-4-9)18-21(19,20)14-8-13(17)12(16)7-11(14)15/h7-10,18H,2-6,17H2,1H3. The second kappa shape index (κ2) is 6.50. The molecule has 1 saturated carbocycles. The largest absolute Gasteiger partial charge is 0.396 e. The highest BCUT2D eigenvalue weighted by Gasteiger charge is 2.27. The first-order chi connectivity index (χ1) is 9.83. The fourth-order valence-corrected chi connectivity index (χ4v) is 4.58. The number of halogens is 2. The van der Waals surface area contributed by atoms with Gasteiger partial charge in [-0.1, -0.05) is 24.9 Å². The van der Waals surface area contributed by atoms with Crippen LogP contribution in [0.3, 0.4) is 0 Å². The highest BCUT2D eigenvalue weighted by Crippen LogP contribution is 2.30. The molecule has 1 aliphatic carbocycles. The number of nitrogens with two attached hydrogens (primary N) is 1. The van der Waals surface area contributed by atoms with E-state index in [-0.39, 0.29) is 21.6 Å².